The van der Waals surface area contributed by atoms with Crippen LogP contribution in [-0.4, -0.2) is 28.7 Å². The van der Waals surface area contributed by atoms with Gasteiger partial charge >= 0.3 is 0 Å². The molecular formula is C17H15FN2O3. The molecule has 1 amide bonds. The summed E-state index contributed by atoms with van der Waals surface area (Å²) in [5, 5.41) is 12.0. The monoisotopic (exact) mass is 314 g/mol. The topological polar surface area (TPSA) is 71.3 Å². The fourth-order valence-corrected chi connectivity index (χ4v) is 2.22. The van der Waals surface area contributed by atoms with E-state index in [1.54, 1.807) is 6.07 Å². The van der Waals surface area contributed by atoms with Crippen LogP contribution in [0.3, 0.4) is 0 Å². The van der Waals surface area contributed by atoms with Gasteiger partial charge in [0.05, 0.1) is 19.2 Å². The Labute approximate surface area is 132 Å². The van der Waals surface area contributed by atoms with Crippen molar-refractivity contribution < 1.29 is 14.3 Å². The Bertz CT molecular complexity index is 808. The number of pyridine rings is 1. The summed E-state index contributed by atoms with van der Waals surface area (Å²) >= 11 is 0. The highest BCUT2D eigenvalue weighted by molar-refractivity contribution is 5.93. The number of halogens is 1. The standard InChI is InChI=1S/C17H15FN2O3/c1-2-8-19-16(22)14-7-4-9-20(17(14)23)15(11-21)12-5-3-6-13(18)10-12/h1,3-7,9-10,15,21H,8,11H2,(H,19,22)/t15-/m1/s1. The molecule has 0 saturated carbocycles. The number of amides is 1. The zero-order chi connectivity index (χ0) is 16.8. The number of hydrogen-bond donors (Lipinski definition) is 2. The Kier molecular flexibility index (Phi) is 5.28. The number of carbonyl (C=O) groups excluding carboxylic acids is 1. The van der Waals surface area contributed by atoms with Gasteiger partial charge in [-0.15, -0.1) is 6.42 Å². The summed E-state index contributed by atoms with van der Waals surface area (Å²) in [6.07, 6.45) is 6.50. The van der Waals surface area contributed by atoms with Crippen molar-refractivity contribution in [2.45, 2.75) is 6.04 Å². The highest BCUT2D eigenvalue weighted by Crippen LogP contribution is 2.17. The first kappa shape index (κ1) is 16.5. The van der Waals surface area contributed by atoms with Crippen LogP contribution in [0.4, 0.5) is 4.39 Å². The maximum atomic E-state index is 13.4. The third-order valence-corrected chi connectivity index (χ3v) is 3.31. The summed E-state index contributed by atoms with van der Waals surface area (Å²) in [5.41, 5.74) is -0.265. The summed E-state index contributed by atoms with van der Waals surface area (Å²) in [5.74, 6) is 1.17. The highest BCUT2D eigenvalue weighted by Gasteiger charge is 2.18. The lowest BCUT2D eigenvalue weighted by atomic mass is 10.1. The Morgan fingerprint density at radius 2 is 2.17 bits per heavy atom. The van der Waals surface area contributed by atoms with Crippen molar-refractivity contribution in [2.75, 3.05) is 13.2 Å². The van der Waals surface area contributed by atoms with E-state index in [0.29, 0.717) is 5.56 Å². The number of nitrogens with one attached hydrogen (secondary N) is 1. The fraction of sp³-hybridized carbons (Fsp3) is 0.176. The molecule has 6 heteroatoms. The van der Waals surface area contributed by atoms with Crippen molar-refractivity contribution in [3.05, 3.63) is 69.9 Å². The Morgan fingerprint density at radius 3 is 2.83 bits per heavy atom. The molecule has 0 aliphatic heterocycles. The second kappa shape index (κ2) is 7.38. The maximum absolute atomic E-state index is 13.4. The van der Waals surface area contributed by atoms with Gasteiger partial charge in [0.2, 0.25) is 0 Å². The molecule has 0 saturated heterocycles. The van der Waals surface area contributed by atoms with Crippen molar-refractivity contribution >= 4 is 5.91 Å². The van der Waals surface area contributed by atoms with E-state index in [1.165, 1.54) is 41.1 Å². The lowest BCUT2D eigenvalue weighted by Crippen LogP contribution is -2.35. The number of aromatic nitrogens is 1. The smallest absolute Gasteiger partial charge is 0.264 e. The third-order valence-electron chi connectivity index (χ3n) is 3.31. The molecular weight excluding hydrogens is 299 g/mol. The van der Waals surface area contributed by atoms with Crippen LogP contribution >= 0.6 is 0 Å². The molecule has 0 radical (unpaired) electrons. The van der Waals surface area contributed by atoms with Crippen molar-refractivity contribution in [3.8, 4) is 12.3 Å². The molecule has 0 spiro atoms. The second-order valence-corrected chi connectivity index (χ2v) is 4.77. The van der Waals surface area contributed by atoms with Crippen LogP contribution in [0.2, 0.25) is 0 Å². The van der Waals surface area contributed by atoms with Gasteiger partial charge in [-0.1, -0.05) is 18.1 Å². The molecule has 5 nitrogen and oxygen atoms in total. The first-order valence-electron chi connectivity index (χ1n) is 6.87. The maximum Gasteiger partial charge on any atom is 0.264 e. The molecule has 1 aromatic carbocycles. The molecule has 23 heavy (non-hydrogen) atoms. The molecule has 1 heterocycles. The first-order chi connectivity index (χ1) is 11.1. The van der Waals surface area contributed by atoms with Crippen molar-refractivity contribution in [1.29, 1.82) is 0 Å². The minimum Gasteiger partial charge on any atom is -0.394 e. The van der Waals surface area contributed by atoms with Crippen LogP contribution in [0.1, 0.15) is 22.0 Å². The van der Waals surface area contributed by atoms with E-state index >= 15 is 0 Å². The number of aliphatic hydroxyl groups is 1. The zero-order valence-corrected chi connectivity index (χ0v) is 12.2. The van der Waals surface area contributed by atoms with Gasteiger partial charge in [0, 0.05) is 6.20 Å². The summed E-state index contributed by atoms with van der Waals surface area (Å²) in [6.45, 7) is -0.417. The molecule has 118 valence electrons. The lowest BCUT2D eigenvalue weighted by molar-refractivity contribution is 0.0956. The summed E-state index contributed by atoms with van der Waals surface area (Å²) < 4.78 is 14.6. The van der Waals surface area contributed by atoms with Crippen molar-refractivity contribution in [1.82, 2.24) is 9.88 Å². The number of terminal acetylenes is 1. The number of hydrogen-bond acceptors (Lipinski definition) is 3. The Hall–Kier alpha value is -2.91. The number of rotatable bonds is 5. The number of aliphatic hydroxyl groups excluding tert-OH is 1. The van der Waals surface area contributed by atoms with Crippen LogP contribution in [0.15, 0.2) is 47.4 Å². The van der Waals surface area contributed by atoms with Gasteiger partial charge in [-0.05, 0) is 29.8 Å². The largest absolute Gasteiger partial charge is 0.394 e. The summed E-state index contributed by atoms with van der Waals surface area (Å²) in [7, 11) is 0. The molecule has 0 aliphatic rings. The van der Waals surface area contributed by atoms with E-state index in [2.05, 4.69) is 11.2 Å². The molecule has 2 aromatic rings. The van der Waals surface area contributed by atoms with Crippen LogP contribution in [0.5, 0.6) is 0 Å². The number of nitrogens with zero attached hydrogens (tertiary/aromatic N) is 1. The molecule has 0 aliphatic carbocycles. The second-order valence-electron chi connectivity index (χ2n) is 4.77. The SMILES string of the molecule is C#CCNC(=O)c1cccn([C@H](CO)c2cccc(F)c2)c1=O. The van der Waals surface area contributed by atoms with Gasteiger partial charge in [-0.2, -0.15) is 0 Å². The summed E-state index contributed by atoms with van der Waals surface area (Å²) in [6, 6.07) is 7.67. The van der Waals surface area contributed by atoms with E-state index in [1.807, 2.05) is 0 Å². The van der Waals surface area contributed by atoms with Crippen LogP contribution in [0.25, 0.3) is 0 Å². The van der Waals surface area contributed by atoms with Gasteiger partial charge < -0.3 is 15.0 Å². The lowest BCUT2D eigenvalue weighted by Gasteiger charge is -2.18. The number of carbonyl (C=O) groups is 1. The van der Waals surface area contributed by atoms with Crippen molar-refractivity contribution in [3.63, 3.8) is 0 Å². The van der Waals surface area contributed by atoms with E-state index in [0.717, 1.165) is 0 Å². The highest BCUT2D eigenvalue weighted by atomic mass is 19.1. The van der Waals surface area contributed by atoms with Crippen LogP contribution < -0.4 is 10.9 Å². The predicted molar refractivity (Wildman–Crippen MR) is 83.5 cm³/mol. The predicted octanol–water partition coefficient (Wildman–Crippen LogP) is 0.932. The molecule has 2 N–H and O–H groups in total. The molecule has 1 atom stereocenters. The average molecular weight is 314 g/mol. The van der Waals surface area contributed by atoms with Crippen molar-refractivity contribution in [2.24, 2.45) is 0 Å². The molecule has 1 aromatic heterocycles. The molecule has 0 unspecified atom stereocenters. The quantitative estimate of drug-likeness (QED) is 0.807. The van der Waals surface area contributed by atoms with E-state index in [-0.39, 0.29) is 12.1 Å². The molecule has 2 rings (SSSR count). The number of benzene rings is 1. The molecule has 0 bridgehead atoms. The molecule has 0 fully saturated rings. The van der Waals surface area contributed by atoms with Gasteiger partial charge in [-0.3, -0.25) is 9.59 Å². The average Bonchev–Trinajstić information content (AvgIpc) is 2.55. The first-order valence-corrected chi connectivity index (χ1v) is 6.87. The summed E-state index contributed by atoms with van der Waals surface area (Å²) in [4.78, 5) is 24.4. The third kappa shape index (κ3) is 3.65. The Balaban J connectivity index is 2.44. The van der Waals surface area contributed by atoms with E-state index < -0.39 is 29.9 Å². The van der Waals surface area contributed by atoms with Crippen LogP contribution in [-0.2, 0) is 0 Å². The van der Waals surface area contributed by atoms with Gasteiger partial charge in [0.25, 0.3) is 11.5 Å². The van der Waals surface area contributed by atoms with Gasteiger partial charge in [-0.25, -0.2) is 4.39 Å². The normalized spacial score (nSPS) is 11.5. The minimum atomic E-state index is -0.793. The van der Waals surface area contributed by atoms with Crippen LogP contribution in [0, 0.1) is 18.2 Å². The Morgan fingerprint density at radius 1 is 1.39 bits per heavy atom. The zero-order valence-electron chi connectivity index (χ0n) is 12.2. The van der Waals surface area contributed by atoms with E-state index in [4.69, 9.17) is 6.42 Å². The van der Waals surface area contributed by atoms with Gasteiger partial charge in [0.1, 0.15) is 11.4 Å². The van der Waals surface area contributed by atoms with E-state index in [9.17, 15) is 19.1 Å². The minimum absolute atomic E-state index is 0.000489. The van der Waals surface area contributed by atoms with Gasteiger partial charge in [0.15, 0.2) is 0 Å². The fourth-order valence-electron chi connectivity index (χ4n) is 2.22.